The highest BCUT2D eigenvalue weighted by molar-refractivity contribution is 5.92. The highest BCUT2D eigenvalue weighted by Crippen LogP contribution is 2.23. The van der Waals surface area contributed by atoms with Gasteiger partial charge in [-0.05, 0) is 43.7 Å². The second-order valence-electron chi connectivity index (χ2n) is 6.20. The van der Waals surface area contributed by atoms with Gasteiger partial charge in [0.15, 0.2) is 0 Å². The number of hydrogen-bond donors (Lipinski definition) is 1. The Hall–Kier alpha value is -3.14. The maximum absolute atomic E-state index is 12.2. The van der Waals surface area contributed by atoms with Crippen LogP contribution in [0.4, 0.5) is 17.2 Å². The first-order valence-electron chi connectivity index (χ1n) is 8.79. The maximum Gasteiger partial charge on any atom is 0.228 e. The minimum absolute atomic E-state index is 0.0412. The fourth-order valence-electron chi connectivity index (χ4n) is 2.92. The number of aromatic nitrogens is 1. The molecule has 26 heavy (non-hydrogen) atoms. The third-order valence-corrected chi connectivity index (χ3v) is 4.14. The van der Waals surface area contributed by atoms with Gasteiger partial charge in [-0.1, -0.05) is 48.0 Å². The minimum Gasteiger partial charge on any atom is -0.327 e. The Labute approximate surface area is 154 Å². The van der Waals surface area contributed by atoms with E-state index in [9.17, 15) is 4.79 Å². The van der Waals surface area contributed by atoms with Crippen molar-refractivity contribution in [1.29, 1.82) is 0 Å². The molecule has 0 unspecified atom stereocenters. The number of hydrogen-bond acceptors (Lipinski definition) is 3. The molecule has 0 aliphatic rings. The third kappa shape index (κ3) is 4.48. The summed E-state index contributed by atoms with van der Waals surface area (Å²) in [6.07, 6.45) is 2.06. The van der Waals surface area contributed by atoms with Gasteiger partial charge in [-0.25, -0.2) is 4.98 Å². The number of benzene rings is 2. The lowest BCUT2D eigenvalue weighted by atomic mass is 10.1. The number of amides is 1. The number of rotatable bonds is 6. The Morgan fingerprint density at radius 1 is 1.04 bits per heavy atom. The molecule has 0 fully saturated rings. The molecule has 4 nitrogen and oxygen atoms in total. The molecule has 132 valence electrons. The van der Waals surface area contributed by atoms with Gasteiger partial charge in [-0.15, -0.1) is 0 Å². The fourth-order valence-corrected chi connectivity index (χ4v) is 2.92. The largest absolute Gasteiger partial charge is 0.327 e. The van der Waals surface area contributed by atoms with E-state index in [1.54, 1.807) is 6.20 Å². The Bertz CT molecular complexity index is 860. The van der Waals surface area contributed by atoms with Crippen molar-refractivity contribution < 1.29 is 4.79 Å². The van der Waals surface area contributed by atoms with E-state index in [-0.39, 0.29) is 5.91 Å². The highest BCUT2D eigenvalue weighted by atomic mass is 16.1. The first kappa shape index (κ1) is 17.7. The number of nitrogens with zero attached hydrogens (tertiary/aromatic N) is 2. The molecule has 1 N–H and O–H groups in total. The van der Waals surface area contributed by atoms with Gasteiger partial charge in [-0.3, -0.25) is 4.79 Å². The van der Waals surface area contributed by atoms with Crippen LogP contribution in [0.1, 0.15) is 18.1 Å². The zero-order valence-corrected chi connectivity index (χ0v) is 15.1. The lowest BCUT2D eigenvalue weighted by Crippen LogP contribution is -2.18. The molecule has 3 aromatic rings. The smallest absolute Gasteiger partial charge is 0.228 e. The molecule has 0 spiro atoms. The molecule has 4 heteroatoms. The molecule has 3 rings (SSSR count). The number of carbonyl (C=O) groups is 1. The first-order chi connectivity index (χ1) is 12.7. The van der Waals surface area contributed by atoms with Crippen molar-refractivity contribution in [2.45, 2.75) is 20.3 Å². The van der Waals surface area contributed by atoms with Crippen molar-refractivity contribution in [2.24, 2.45) is 0 Å². The van der Waals surface area contributed by atoms with Gasteiger partial charge in [0.2, 0.25) is 5.91 Å². The number of para-hydroxylation sites is 1. The molecule has 1 amide bonds. The third-order valence-electron chi connectivity index (χ3n) is 4.14. The SMILES string of the molecule is CCN(c1ccccc1)c1ccc(NC(=O)Cc2cccc(C)c2)cn1. The molecular weight excluding hydrogens is 322 g/mol. The van der Waals surface area contributed by atoms with Gasteiger partial charge >= 0.3 is 0 Å². The standard InChI is InChI=1S/C22H23N3O/c1-3-25(20-10-5-4-6-11-20)21-13-12-19(16-23-21)24-22(26)15-18-9-7-8-17(2)14-18/h4-14,16H,3,15H2,1-2H3,(H,24,26). The molecule has 0 bridgehead atoms. The molecule has 1 aromatic heterocycles. The van der Waals surface area contributed by atoms with Gasteiger partial charge in [0.25, 0.3) is 0 Å². The summed E-state index contributed by atoms with van der Waals surface area (Å²) < 4.78 is 0. The molecule has 2 aromatic carbocycles. The van der Waals surface area contributed by atoms with Crippen LogP contribution in [-0.4, -0.2) is 17.4 Å². The van der Waals surface area contributed by atoms with E-state index in [1.807, 2.05) is 61.5 Å². The van der Waals surface area contributed by atoms with Crippen molar-refractivity contribution in [3.63, 3.8) is 0 Å². The minimum atomic E-state index is -0.0412. The summed E-state index contributed by atoms with van der Waals surface area (Å²) in [5.41, 5.74) is 3.96. The van der Waals surface area contributed by atoms with Crippen LogP contribution in [-0.2, 0) is 11.2 Å². The Balaban J connectivity index is 1.66. The van der Waals surface area contributed by atoms with Crippen LogP contribution in [0.5, 0.6) is 0 Å². The predicted molar refractivity (Wildman–Crippen MR) is 107 cm³/mol. The quantitative estimate of drug-likeness (QED) is 0.702. The van der Waals surface area contributed by atoms with E-state index >= 15 is 0 Å². The van der Waals surface area contributed by atoms with E-state index in [0.29, 0.717) is 12.1 Å². The molecule has 0 saturated carbocycles. The van der Waals surface area contributed by atoms with E-state index < -0.39 is 0 Å². The van der Waals surface area contributed by atoms with Crippen LogP contribution in [0.2, 0.25) is 0 Å². The molecule has 0 radical (unpaired) electrons. The first-order valence-corrected chi connectivity index (χ1v) is 8.79. The van der Waals surface area contributed by atoms with Crippen molar-refractivity contribution in [1.82, 2.24) is 4.98 Å². The number of carbonyl (C=O) groups excluding carboxylic acids is 1. The van der Waals surface area contributed by atoms with Crippen LogP contribution in [0, 0.1) is 6.92 Å². The van der Waals surface area contributed by atoms with Gasteiger partial charge < -0.3 is 10.2 Å². The van der Waals surface area contributed by atoms with Gasteiger partial charge in [-0.2, -0.15) is 0 Å². The van der Waals surface area contributed by atoms with Crippen molar-refractivity contribution in [2.75, 3.05) is 16.8 Å². The van der Waals surface area contributed by atoms with Crippen molar-refractivity contribution in [3.05, 3.63) is 84.1 Å². The van der Waals surface area contributed by atoms with Crippen LogP contribution < -0.4 is 10.2 Å². The number of pyridine rings is 1. The summed E-state index contributed by atoms with van der Waals surface area (Å²) >= 11 is 0. The van der Waals surface area contributed by atoms with E-state index in [2.05, 4.69) is 34.3 Å². The predicted octanol–water partition coefficient (Wildman–Crippen LogP) is 4.73. The lowest BCUT2D eigenvalue weighted by molar-refractivity contribution is -0.115. The topological polar surface area (TPSA) is 45.2 Å². The second kappa shape index (κ2) is 8.30. The second-order valence-corrected chi connectivity index (χ2v) is 6.20. The Kier molecular flexibility index (Phi) is 5.64. The fraction of sp³-hybridized carbons (Fsp3) is 0.182. The highest BCUT2D eigenvalue weighted by Gasteiger charge is 2.09. The molecule has 0 aliphatic heterocycles. The van der Waals surface area contributed by atoms with Crippen LogP contribution in [0.15, 0.2) is 72.9 Å². The maximum atomic E-state index is 12.2. The van der Waals surface area contributed by atoms with Gasteiger partial charge in [0, 0.05) is 12.2 Å². The molecule has 0 aliphatic carbocycles. The zero-order chi connectivity index (χ0) is 18.4. The summed E-state index contributed by atoms with van der Waals surface area (Å²) in [4.78, 5) is 18.9. The lowest BCUT2D eigenvalue weighted by Gasteiger charge is -2.22. The summed E-state index contributed by atoms with van der Waals surface area (Å²) in [7, 11) is 0. The van der Waals surface area contributed by atoms with Crippen molar-refractivity contribution >= 4 is 23.1 Å². The van der Waals surface area contributed by atoms with E-state index in [1.165, 1.54) is 0 Å². The number of aryl methyl sites for hydroxylation is 1. The average molecular weight is 345 g/mol. The summed E-state index contributed by atoms with van der Waals surface area (Å²) in [6.45, 7) is 4.93. The van der Waals surface area contributed by atoms with Crippen molar-refractivity contribution in [3.8, 4) is 0 Å². The number of nitrogens with one attached hydrogen (secondary N) is 1. The van der Waals surface area contributed by atoms with E-state index in [4.69, 9.17) is 0 Å². The zero-order valence-electron chi connectivity index (χ0n) is 15.1. The van der Waals surface area contributed by atoms with E-state index in [0.717, 1.165) is 29.2 Å². The molecule has 0 atom stereocenters. The Morgan fingerprint density at radius 3 is 2.50 bits per heavy atom. The van der Waals surface area contributed by atoms with Crippen LogP contribution in [0.25, 0.3) is 0 Å². The molecule has 1 heterocycles. The van der Waals surface area contributed by atoms with Crippen LogP contribution in [0.3, 0.4) is 0 Å². The normalized spacial score (nSPS) is 10.4. The average Bonchev–Trinajstić information content (AvgIpc) is 2.64. The molecule has 0 saturated heterocycles. The summed E-state index contributed by atoms with van der Waals surface area (Å²) in [5, 5.41) is 2.91. The van der Waals surface area contributed by atoms with Gasteiger partial charge in [0.05, 0.1) is 18.3 Å². The summed E-state index contributed by atoms with van der Waals surface area (Å²) in [6, 6.07) is 21.9. The number of anilines is 3. The summed E-state index contributed by atoms with van der Waals surface area (Å²) in [5.74, 6) is 0.816. The Morgan fingerprint density at radius 2 is 1.85 bits per heavy atom. The van der Waals surface area contributed by atoms with Crippen LogP contribution >= 0.6 is 0 Å². The van der Waals surface area contributed by atoms with Gasteiger partial charge in [0.1, 0.15) is 5.82 Å². The molecular formula is C22H23N3O. The monoisotopic (exact) mass is 345 g/mol.